The zero-order valence-electron chi connectivity index (χ0n) is 13.1. The molecule has 1 heterocycles. The zero-order chi connectivity index (χ0) is 17.3. The highest BCUT2D eigenvalue weighted by Gasteiger charge is 2.32. The van der Waals surface area contributed by atoms with Crippen molar-refractivity contribution in [3.05, 3.63) is 65.2 Å². The van der Waals surface area contributed by atoms with E-state index >= 15 is 0 Å². The van der Waals surface area contributed by atoms with Crippen molar-refractivity contribution in [3.8, 4) is 17.2 Å². The number of aliphatic hydroxyl groups is 1. The molecule has 24 heavy (non-hydrogen) atoms. The Balaban J connectivity index is 2.06. The molecule has 3 N–H and O–H groups in total. The first-order chi connectivity index (χ1) is 11.5. The Morgan fingerprint density at radius 1 is 1.17 bits per heavy atom. The van der Waals surface area contributed by atoms with Crippen LogP contribution < -0.4 is 4.74 Å². The predicted molar refractivity (Wildman–Crippen MR) is 88.3 cm³/mol. The van der Waals surface area contributed by atoms with E-state index in [0.29, 0.717) is 5.56 Å². The molecule has 0 radical (unpaired) electrons. The molecule has 2 aromatic rings. The van der Waals surface area contributed by atoms with Crippen LogP contribution in [0.25, 0.3) is 0 Å². The molecule has 1 aliphatic rings. The number of hydrogen-bond acceptors (Lipinski definition) is 5. The highest BCUT2D eigenvalue weighted by Crippen LogP contribution is 2.43. The van der Waals surface area contributed by atoms with Gasteiger partial charge in [0.25, 0.3) is 0 Å². The molecule has 2 aromatic carbocycles. The summed E-state index contributed by atoms with van der Waals surface area (Å²) in [6.07, 6.45) is 1.71. The average molecular weight is 326 g/mol. The normalized spacial score (nSPS) is 18.2. The van der Waals surface area contributed by atoms with Gasteiger partial charge in [-0.2, -0.15) is 0 Å². The first-order valence-electron chi connectivity index (χ1n) is 7.66. The molecular formula is C19H18O5. The summed E-state index contributed by atoms with van der Waals surface area (Å²) in [6, 6.07) is 9.31. The van der Waals surface area contributed by atoms with Crippen molar-refractivity contribution in [2.75, 3.05) is 0 Å². The molecule has 0 saturated carbocycles. The Bertz CT molecular complexity index is 792. The maximum absolute atomic E-state index is 12.5. The molecule has 124 valence electrons. The summed E-state index contributed by atoms with van der Waals surface area (Å²) in [5.74, 6) is 0.0832. The van der Waals surface area contributed by atoms with Crippen molar-refractivity contribution in [2.45, 2.75) is 25.6 Å². The van der Waals surface area contributed by atoms with Crippen molar-refractivity contribution in [1.29, 1.82) is 0 Å². The third-order valence-corrected chi connectivity index (χ3v) is 4.04. The van der Waals surface area contributed by atoms with E-state index in [9.17, 15) is 20.1 Å². The Labute approximate surface area is 139 Å². The molecule has 3 rings (SSSR count). The Kier molecular flexibility index (Phi) is 4.27. The van der Waals surface area contributed by atoms with Crippen LogP contribution in [-0.2, 0) is 0 Å². The second-order valence-electron chi connectivity index (χ2n) is 5.67. The zero-order valence-corrected chi connectivity index (χ0v) is 13.1. The number of ether oxygens (including phenoxy) is 1. The number of carbonyl (C=O) groups is 1. The summed E-state index contributed by atoms with van der Waals surface area (Å²) >= 11 is 0. The third-order valence-electron chi connectivity index (χ3n) is 4.04. The molecule has 0 amide bonds. The number of fused-ring (bicyclic) bond motifs is 1. The third kappa shape index (κ3) is 2.86. The van der Waals surface area contributed by atoms with Crippen molar-refractivity contribution >= 4 is 5.78 Å². The van der Waals surface area contributed by atoms with Gasteiger partial charge in [-0.05, 0) is 36.8 Å². The number of carbonyl (C=O) groups excluding carboxylic acids is 1. The van der Waals surface area contributed by atoms with Crippen LogP contribution in [0.5, 0.6) is 17.2 Å². The highest BCUT2D eigenvalue weighted by atomic mass is 16.5. The van der Waals surface area contributed by atoms with Gasteiger partial charge in [-0.25, -0.2) is 0 Å². The molecule has 0 bridgehead atoms. The van der Waals surface area contributed by atoms with E-state index in [0.717, 1.165) is 5.56 Å². The van der Waals surface area contributed by atoms with Gasteiger partial charge in [-0.15, -0.1) is 0 Å². The minimum absolute atomic E-state index is 0.122. The Morgan fingerprint density at radius 2 is 1.88 bits per heavy atom. The first-order valence-corrected chi connectivity index (χ1v) is 7.66. The van der Waals surface area contributed by atoms with E-state index in [1.165, 1.54) is 30.3 Å². The Morgan fingerprint density at radius 3 is 2.54 bits per heavy atom. The lowest BCUT2D eigenvalue weighted by Gasteiger charge is -2.28. The number of rotatable bonds is 3. The number of ketones is 1. The minimum atomic E-state index is -1.07. The molecule has 0 fully saturated rings. The molecule has 0 aromatic heterocycles. The van der Waals surface area contributed by atoms with Crippen LogP contribution in [0.15, 0.2) is 48.6 Å². The van der Waals surface area contributed by atoms with Gasteiger partial charge in [0.2, 0.25) is 0 Å². The molecule has 5 heteroatoms. The summed E-state index contributed by atoms with van der Waals surface area (Å²) in [7, 11) is 0. The molecule has 0 spiro atoms. The molecular weight excluding hydrogens is 308 g/mol. The summed E-state index contributed by atoms with van der Waals surface area (Å²) in [4.78, 5) is 12.5. The number of benzene rings is 2. The van der Waals surface area contributed by atoms with Gasteiger partial charge in [-0.3, -0.25) is 4.79 Å². The van der Waals surface area contributed by atoms with Crippen LogP contribution in [0.1, 0.15) is 47.0 Å². The maximum Gasteiger partial charge on any atom is 0.170 e. The quantitative estimate of drug-likeness (QED) is 0.752. The Hall–Kier alpha value is -2.79. The van der Waals surface area contributed by atoms with Gasteiger partial charge in [0.05, 0.1) is 17.5 Å². The van der Waals surface area contributed by atoms with E-state index < -0.39 is 12.2 Å². The largest absolute Gasteiger partial charge is 0.508 e. The summed E-state index contributed by atoms with van der Waals surface area (Å²) in [6.45, 7) is 1.75. The van der Waals surface area contributed by atoms with Crippen LogP contribution in [0, 0.1) is 0 Å². The fourth-order valence-electron chi connectivity index (χ4n) is 2.84. The van der Waals surface area contributed by atoms with E-state index in [2.05, 4.69) is 0 Å². The van der Waals surface area contributed by atoms with Gasteiger partial charge < -0.3 is 20.1 Å². The van der Waals surface area contributed by atoms with E-state index in [-0.39, 0.29) is 35.0 Å². The molecule has 0 saturated heterocycles. The lowest BCUT2D eigenvalue weighted by atomic mass is 9.92. The molecule has 5 nitrogen and oxygen atoms in total. The molecule has 1 aliphatic heterocycles. The average Bonchev–Trinajstić information content (AvgIpc) is 2.55. The fraction of sp³-hybridized carbons (Fsp3) is 0.211. The predicted octanol–water partition coefficient (Wildman–Crippen LogP) is 3.41. The summed E-state index contributed by atoms with van der Waals surface area (Å²) in [5, 5.41) is 29.8. The van der Waals surface area contributed by atoms with Gasteiger partial charge in [-0.1, -0.05) is 24.3 Å². The van der Waals surface area contributed by atoms with Gasteiger partial charge in [0.1, 0.15) is 29.5 Å². The van der Waals surface area contributed by atoms with E-state index in [1.54, 1.807) is 25.1 Å². The number of hydrogen-bond donors (Lipinski definition) is 3. The van der Waals surface area contributed by atoms with Crippen LogP contribution in [-0.4, -0.2) is 21.1 Å². The lowest BCUT2D eigenvalue weighted by molar-refractivity contribution is 0.0840. The number of aliphatic hydroxyl groups excluding tert-OH is 1. The van der Waals surface area contributed by atoms with Gasteiger partial charge in [0, 0.05) is 0 Å². The van der Waals surface area contributed by atoms with Gasteiger partial charge in [0.15, 0.2) is 5.78 Å². The summed E-state index contributed by atoms with van der Waals surface area (Å²) < 4.78 is 5.95. The second kappa shape index (κ2) is 6.37. The number of phenolic OH excluding ortho intramolecular Hbond substituents is 2. The summed E-state index contributed by atoms with van der Waals surface area (Å²) in [5.41, 5.74) is 1.27. The smallest absolute Gasteiger partial charge is 0.170 e. The second-order valence-corrected chi connectivity index (χ2v) is 5.67. The SMILES string of the molecule is CC=CC(O)c1c(O)ccc2c1OC(c1ccc(O)cc1)CC2=O. The highest BCUT2D eigenvalue weighted by molar-refractivity contribution is 6.00. The van der Waals surface area contributed by atoms with Crippen LogP contribution in [0.3, 0.4) is 0 Å². The van der Waals surface area contributed by atoms with Crippen molar-refractivity contribution in [3.63, 3.8) is 0 Å². The van der Waals surface area contributed by atoms with Gasteiger partial charge >= 0.3 is 0 Å². The van der Waals surface area contributed by atoms with Crippen LogP contribution in [0.4, 0.5) is 0 Å². The topological polar surface area (TPSA) is 87.0 Å². The van der Waals surface area contributed by atoms with Crippen LogP contribution in [0.2, 0.25) is 0 Å². The molecule has 2 atom stereocenters. The number of aromatic hydroxyl groups is 2. The standard InChI is InChI=1S/C19H18O5/c1-2-3-14(21)18-15(22)9-8-13-16(23)10-17(24-19(13)18)11-4-6-12(20)7-5-11/h2-9,14,17,20-22H,10H2,1H3. The number of Topliss-reactive ketones (excluding diaryl/α,β-unsaturated/α-hetero) is 1. The van der Waals surface area contributed by atoms with Crippen molar-refractivity contribution in [2.24, 2.45) is 0 Å². The maximum atomic E-state index is 12.5. The van der Waals surface area contributed by atoms with E-state index in [1.807, 2.05) is 0 Å². The monoisotopic (exact) mass is 326 g/mol. The first kappa shape index (κ1) is 16.1. The fourth-order valence-corrected chi connectivity index (χ4v) is 2.84. The molecule has 0 aliphatic carbocycles. The van der Waals surface area contributed by atoms with Crippen molar-refractivity contribution < 1.29 is 24.9 Å². The lowest BCUT2D eigenvalue weighted by Crippen LogP contribution is -2.22. The number of allylic oxidation sites excluding steroid dienone is 1. The minimum Gasteiger partial charge on any atom is -0.508 e. The van der Waals surface area contributed by atoms with Crippen molar-refractivity contribution in [1.82, 2.24) is 0 Å². The number of phenols is 2. The van der Waals surface area contributed by atoms with E-state index in [4.69, 9.17) is 4.74 Å². The molecule has 2 unspecified atom stereocenters. The van der Waals surface area contributed by atoms with Crippen LogP contribution >= 0.6 is 0 Å².